The molecule has 1 amide bonds. The Balaban J connectivity index is 1.48. The van der Waals surface area contributed by atoms with E-state index < -0.39 is 17.6 Å². The molecule has 1 saturated carbocycles. The number of aromatic nitrogens is 3. The molecule has 8 nitrogen and oxygen atoms in total. The Kier molecular flexibility index (Phi) is 3.92. The Hall–Kier alpha value is -1.51. The zero-order valence-corrected chi connectivity index (χ0v) is 11.7. The second-order valence-corrected chi connectivity index (χ2v) is 5.82. The fraction of sp³-hybridized carbons (Fsp3) is 0.769. The van der Waals surface area contributed by atoms with E-state index in [0.29, 0.717) is 13.2 Å². The first-order valence-corrected chi connectivity index (χ1v) is 7.21. The number of hydrogen-bond acceptors (Lipinski definition) is 6. The third-order valence-corrected chi connectivity index (χ3v) is 4.39. The van der Waals surface area contributed by atoms with Gasteiger partial charge in [-0.25, -0.2) is 9.67 Å². The molecule has 3 N–H and O–H groups in total. The van der Waals surface area contributed by atoms with Crippen LogP contribution in [0.4, 0.5) is 0 Å². The van der Waals surface area contributed by atoms with Gasteiger partial charge in [-0.05, 0) is 12.8 Å². The number of rotatable bonds is 4. The largest absolute Gasteiger partial charge is 0.386 e. The second-order valence-electron chi connectivity index (χ2n) is 5.82. The van der Waals surface area contributed by atoms with E-state index in [1.54, 1.807) is 11.0 Å². The van der Waals surface area contributed by atoms with Gasteiger partial charge in [-0.2, -0.15) is 5.10 Å². The van der Waals surface area contributed by atoms with Crippen molar-refractivity contribution in [3.63, 3.8) is 0 Å². The fourth-order valence-electron chi connectivity index (χ4n) is 2.85. The van der Waals surface area contributed by atoms with Gasteiger partial charge in [0.15, 0.2) is 6.10 Å². The number of aliphatic hydroxyl groups excluding tert-OH is 1. The molecule has 1 saturated heterocycles. The number of ether oxygens (including phenoxy) is 1. The highest BCUT2D eigenvalue weighted by Gasteiger charge is 2.43. The van der Waals surface area contributed by atoms with E-state index in [0.717, 1.165) is 12.8 Å². The fourth-order valence-corrected chi connectivity index (χ4v) is 2.85. The van der Waals surface area contributed by atoms with Crippen LogP contribution in [0.15, 0.2) is 12.7 Å². The summed E-state index contributed by atoms with van der Waals surface area (Å²) in [6, 6.07) is 0.242. The van der Waals surface area contributed by atoms with Crippen molar-refractivity contribution in [2.24, 2.45) is 0 Å². The highest BCUT2D eigenvalue weighted by molar-refractivity contribution is 5.82. The summed E-state index contributed by atoms with van der Waals surface area (Å²) in [4.78, 5) is 15.9. The van der Waals surface area contributed by atoms with E-state index in [9.17, 15) is 15.0 Å². The second kappa shape index (κ2) is 5.70. The quantitative estimate of drug-likeness (QED) is 0.657. The minimum atomic E-state index is -1.41. The van der Waals surface area contributed by atoms with E-state index in [1.807, 2.05) is 0 Å². The molecule has 0 bridgehead atoms. The first-order valence-electron chi connectivity index (χ1n) is 7.21. The summed E-state index contributed by atoms with van der Waals surface area (Å²) in [6.45, 7) is 0.720. The van der Waals surface area contributed by atoms with Crippen LogP contribution >= 0.6 is 0 Å². The van der Waals surface area contributed by atoms with E-state index in [1.165, 1.54) is 6.33 Å². The van der Waals surface area contributed by atoms with Gasteiger partial charge in [0.1, 0.15) is 18.3 Å². The molecule has 2 heterocycles. The molecule has 2 aliphatic rings. The molecule has 1 aliphatic heterocycles. The topological polar surface area (TPSA) is 110 Å². The molecule has 1 aliphatic carbocycles. The maximum atomic E-state index is 12.0. The molecule has 21 heavy (non-hydrogen) atoms. The predicted octanol–water partition coefficient (Wildman–Crippen LogP) is -1.000. The van der Waals surface area contributed by atoms with Gasteiger partial charge in [-0.1, -0.05) is 0 Å². The highest BCUT2D eigenvalue weighted by Crippen LogP contribution is 2.32. The van der Waals surface area contributed by atoms with Crippen molar-refractivity contribution in [1.82, 2.24) is 20.1 Å². The SMILES string of the molecule is O=C(NC1CC(n2cncn2)C1)C(O)C1(O)CCOCC1. The number of carbonyl (C=O) groups is 1. The van der Waals surface area contributed by atoms with E-state index in [4.69, 9.17) is 4.74 Å². The van der Waals surface area contributed by atoms with Crippen molar-refractivity contribution in [2.75, 3.05) is 13.2 Å². The van der Waals surface area contributed by atoms with Crippen LogP contribution in [0.1, 0.15) is 31.7 Å². The van der Waals surface area contributed by atoms with E-state index >= 15 is 0 Å². The van der Waals surface area contributed by atoms with Crippen molar-refractivity contribution < 1.29 is 19.7 Å². The number of nitrogens with one attached hydrogen (secondary N) is 1. The van der Waals surface area contributed by atoms with Crippen molar-refractivity contribution in [3.8, 4) is 0 Å². The summed E-state index contributed by atoms with van der Waals surface area (Å²) in [5.41, 5.74) is -1.38. The van der Waals surface area contributed by atoms with Crippen LogP contribution in [0.5, 0.6) is 0 Å². The lowest BCUT2D eigenvalue weighted by atomic mass is 9.84. The van der Waals surface area contributed by atoms with Crippen molar-refractivity contribution in [3.05, 3.63) is 12.7 Å². The molecule has 0 aromatic carbocycles. The number of amides is 1. The predicted molar refractivity (Wildman–Crippen MR) is 71.2 cm³/mol. The lowest BCUT2D eigenvalue weighted by molar-refractivity contribution is -0.160. The van der Waals surface area contributed by atoms with Gasteiger partial charge in [-0.3, -0.25) is 4.79 Å². The van der Waals surface area contributed by atoms with Crippen LogP contribution in [-0.2, 0) is 9.53 Å². The third kappa shape index (κ3) is 2.92. The summed E-state index contributed by atoms with van der Waals surface area (Å²) >= 11 is 0. The molecule has 1 unspecified atom stereocenters. The summed E-state index contributed by atoms with van der Waals surface area (Å²) < 4.78 is 6.91. The summed E-state index contributed by atoms with van der Waals surface area (Å²) in [5.74, 6) is -0.513. The minimum absolute atomic E-state index is 0.00444. The first kappa shape index (κ1) is 14.4. The highest BCUT2D eigenvalue weighted by atomic mass is 16.5. The first-order chi connectivity index (χ1) is 10.1. The van der Waals surface area contributed by atoms with Crippen molar-refractivity contribution in [1.29, 1.82) is 0 Å². The normalized spacial score (nSPS) is 29.4. The Labute approximate surface area is 122 Å². The molecule has 1 aromatic rings. The zero-order valence-electron chi connectivity index (χ0n) is 11.7. The standard InChI is InChI=1S/C13H20N4O4/c18-11(13(20)1-3-21-4-2-13)12(19)16-9-5-10(6-9)17-8-14-7-15-17/h7-11,18,20H,1-6H2,(H,16,19). The number of nitrogens with zero attached hydrogens (tertiary/aromatic N) is 3. The maximum Gasteiger partial charge on any atom is 0.252 e. The van der Waals surface area contributed by atoms with E-state index in [2.05, 4.69) is 15.4 Å². The van der Waals surface area contributed by atoms with Gasteiger partial charge in [0, 0.05) is 32.1 Å². The zero-order chi connectivity index (χ0) is 14.9. The van der Waals surface area contributed by atoms with Crippen LogP contribution in [0.2, 0.25) is 0 Å². The van der Waals surface area contributed by atoms with Gasteiger partial charge >= 0.3 is 0 Å². The Morgan fingerprint density at radius 3 is 2.76 bits per heavy atom. The lowest BCUT2D eigenvalue weighted by Gasteiger charge is -2.39. The van der Waals surface area contributed by atoms with Crippen LogP contribution in [0.25, 0.3) is 0 Å². The van der Waals surface area contributed by atoms with Crippen LogP contribution < -0.4 is 5.32 Å². The van der Waals surface area contributed by atoms with Gasteiger partial charge in [-0.15, -0.1) is 0 Å². The summed E-state index contributed by atoms with van der Waals surface area (Å²) in [5, 5.41) is 27.2. The molecule has 8 heteroatoms. The Morgan fingerprint density at radius 1 is 1.43 bits per heavy atom. The number of carbonyl (C=O) groups excluding carboxylic acids is 1. The molecular weight excluding hydrogens is 276 g/mol. The minimum Gasteiger partial charge on any atom is -0.386 e. The average molecular weight is 296 g/mol. The van der Waals surface area contributed by atoms with Crippen molar-refractivity contribution in [2.45, 2.75) is 49.5 Å². The molecular formula is C13H20N4O4. The smallest absolute Gasteiger partial charge is 0.252 e. The molecule has 1 atom stereocenters. The molecule has 2 fully saturated rings. The van der Waals surface area contributed by atoms with E-state index in [-0.39, 0.29) is 24.9 Å². The molecule has 0 spiro atoms. The van der Waals surface area contributed by atoms with Crippen LogP contribution in [-0.4, -0.2) is 61.8 Å². The average Bonchev–Trinajstić information content (AvgIpc) is 2.95. The lowest BCUT2D eigenvalue weighted by Crippen LogP contribution is -2.57. The third-order valence-electron chi connectivity index (χ3n) is 4.39. The monoisotopic (exact) mass is 296 g/mol. The molecule has 0 radical (unpaired) electrons. The van der Waals surface area contributed by atoms with Gasteiger partial charge in [0.25, 0.3) is 5.91 Å². The van der Waals surface area contributed by atoms with Crippen molar-refractivity contribution >= 4 is 5.91 Å². The molecule has 3 rings (SSSR count). The Morgan fingerprint density at radius 2 is 2.14 bits per heavy atom. The van der Waals surface area contributed by atoms with Crippen LogP contribution in [0, 0.1) is 0 Å². The summed E-state index contributed by atoms with van der Waals surface area (Å²) in [7, 11) is 0. The maximum absolute atomic E-state index is 12.0. The molecule has 1 aromatic heterocycles. The Bertz CT molecular complexity index is 480. The van der Waals surface area contributed by atoms with Gasteiger partial charge in [0.05, 0.1) is 6.04 Å². The number of hydrogen-bond donors (Lipinski definition) is 3. The number of aliphatic hydroxyl groups is 2. The van der Waals surface area contributed by atoms with Crippen LogP contribution in [0.3, 0.4) is 0 Å². The molecule has 116 valence electrons. The summed E-state index contributed by atoms with van der Waals surface area (Å²) in [6.07, 6.45) is 3.78. The van der Waals surface area contributed by atoms with Gasteiger partial charge < -0.3 is 20.3 Å². The van der Waals surface area contributed by atoms with Gasteiger partial charge in [0.2, 0.25) is 0 Å².